The normalized spacial score (nSPS) is 22.4. The minimum atomic E-state index is -0.0133. The molecule has 1 aromatic rings. The predicted octanol–water partition coefficient (Wildman–Crippen LogP) is 0.927. The lowest BCUT2D eigenvalue weighted by molar-refractivity contribution is 0.00461. The summed E-state index contributed by atoms with van der Waals surface area (Å²) < 4.78 is 5.52. The Labute approximate surface area is 124 Å². The van der Waals surface area contributed by atoms with Crippen molar-refractivity contribution in [2.45, 2.75) is 45.8 Å². The highest BCUT2D eigenvalue weighted by Crippen LogP contribution is 2.36. The summed E-state index contributed by atoms with van der Waals surface area (Å²) in [6, 6.07) is 0.229. The number of hydrogen-bond donors (Lipinski definition) is 1. The van der Waals surface area contributed by atoms with E-state index in [1.54, 1.807) is 4.80 Å². The highest BCUT2D eigenvalue weighted by molar-refractivity contribution is 5.74. The Hall–Kier alpha value is -1.63. The number of aromatic nitrogens is 3. The van der Waals surface area contributed by atoms with E-state index in [2.05, 4.69) is 15.5 Å². The standard InChI is InChI=1S/C14H23N5O2/c1-3-19-16-10(2)12(17-19)8-15-14(20)18-6-7-21-9-13(18)11-4-5-11/h11,13H,3-9H2,1-2H3,(H,15,20). The van der Waals surface area contributed by atoms with E-state index >= 15 is 0 Å². The Morgan fingerprint density at radius 3 is 2.90 bits per heavy atom. The van der Waals surface area contributed by atoms with Gasteiger partial charge >= 0.3 is 6.03 Å². The van der Waals surface area contributed by atoms with Gasteiger partial charge < -0.3 is 15.0 Å². The van der Waals surface area contributed by atoms with Crippen molar-refractivity contribution in [1.29, 1.82) is 0 Å². The third kappa shape index (κ3) is 3.18. The van der Waals surface area contributed by atoms with Gasteiger partial charge in [0.2, 0.25) is 0 Å². The minimum absolute atomic E-state index is 0.0133. The fourth-order valence-electron chi connectivity index (χ4n) is 2.78. The summed E-state index contributed by atoms with van der Waals surface area (Å²) in [6.07, 6.45) is 2.42. The minimum Gasteiger partial charge on any atom is -0.377 e. The summed E-state index contributed by atoms with van der Waals surface area (Å²) >= 11 is 0. The molecule has 0 radical (unpaired) electrons. The predicted molar refractivity (Wildman–Crippen MR) is 76.7 cm³/mol. The highest BCUT2D eigenvalue weighted by Gasteiger charge is 2.39. The van der Waals surface area contributed by atoms with Gasteiger partial charge in [-0.2, -0.15) is 15.0 Å². The van der Waals surface area contributed by atoms with Crippen LogP contribution in [-0.4, -0.2) is 51.7 Å². The van der Waals surface area contributed by atoms with Crippen LogP contribution < -0.4 is 5.32 Å². The number of hydrogen-bond acceptors (Lipinski definition) is 4. The van der Waals surface area contributed by atoms with Crippen molar-refractivity contribution < 1.29 is 9.53 Å². The Balaban J connectivity index is 1.58. The van der Waals surface area contributed by atoms with Crippen molar-refractivity contribution in [2.75, 3.05) is 19.8 Å². The van der Waals surface area contributed by atoms with Gasteiger partial charge in [0.05, 0.1) is 38.0 Å². The molecular formula is C14H23N5O2. The number of carbonyl (C=O) groups is 1. The summed E-state index contributed by atoms with van der Waals surface area (Å²) in [5.41, 5.74) is 1.71. The average Bonchev–Trinajstić information content (AvgIpc) is 3.28. The zero-order chi connectivity index (χ0) is 14.8. The van der Waals surface area contributed by atoms with Gasteiger partial charge in [-0.25, -0.2) is 4.79 Å². The number of nitrogens with zero attached hydrogens (tertiary/aromatic N) is 4. The van der Waals surface area contributed by atoms with Gasteiger partial charge in [-0.05, 0) is 32.6 Å². The first-order valence-corrected chi connectivity index (χ1v) is 7.72. The molecule has 1 saturated heterocycles. The summed E-state index contributed by atoms with van der Waals surface area (Å²) in [4.78, 5) is 16.0. The maximum absolute atomic E-state index is 12.4. The van der Waals surface area contributed by atoms with Crippen molar-refractivity contribution in [3.8, 4) is 0 Å². The first-order valence-electron chi connectivity index (χ1n) is 7.72. The molecular weight excluding hydrogens is 270 g/mol. The number of morpholine rings is 1. The van der Waals surface area contributed by atoms with E-state index in [-0.39, 0.29) is 12.1 Å². The van der Waals surface area contributed by atoms with Gasteiger partial charge in [-0.3, -0.25) is 0 Å². The Morgan fingerprint density at radius 2 is 2.24 bits per heavy atom. The lowest BCUT2D eigenvalue weighted by atomic mass is 10.1. The van der Waals surface area contributed by atoms with Crippen LogP contribution in [-0.2, 0) is 17.8 Å². The number of aryl methyl sites for hydroxylation is 2. The first-order chi connectivity index (χ1) is 10.2. The molecule has 2 aliphatic rings. The van der Waals surface area contributed by atoms with Crippen LogP contribution in [0.2, 0.25) is 0 Å². The van der Waals surface area contributed by atoms with Gasteiger partial charge in [0.15, 0.2) is 0 Å². The fraction of sp³-hybridized carbons (Fsp3) is 0.786. The van der Waals surface area contributed by atoms with E-state index in [4.69, 9.17) is 4.74 Å². The summed E-state index contributed by atoms with van der Waals surface area (Å²) in [5.74, 6) is 0.624. The molecule has 0 bridgehead atoms. The molecule has 1 aromatic heterocycles. The maximum atomic E-state index is 12.4. The first kappa shape index (κ1) is 14.3. The molecule has 116 valence electrons. The van der Waals surface area contributed by atoms with Crippen LogP contribution in [0.25, 0.3) is 0 Å². The average molecular weight is 293 g/mol. The number of carbonyl (C=O) groups excluding carboxylic acids is 1. The topological polar surface area (TPSA) is 72.3 Å². The zero-order valence-electron chi connectivity index (χ0n) is 12.7. The lowest BCUT2D eigenvalue weighted by Gasteiger charge is -2.35. The van der Waals surface area contributed by atoms with Crippen LogP contribution in [0.1, 0.15) is 31.2 Å². The molecule has 1 unspecified atom stereocenters. The van der Waals surface area contributed by atoms with Gasteiger partial charge in [0.25, 0.3) is 0 Å². The van der Waals surface area contributed by atoms with Crippen LogP contribution in [0.3, 0.4) is 0 Å². The Bertz CT molecular complexity index is 511. The second-order valence-corrected chi connectivity index (χ2v) is 5.75. The van der Waals surface area contributed by atoms with E-state index in [1.165, 1.54) is 12.8 Å². The molecule has 1 atom stereocenters. The van der Waals surface area contributed by atoms with Gasteiger partial charge in [-0.15, -0.1) is 0 Å². The van der Waals surface area contributed by atoms with Crippen molar-refractivity contribution in [3.05, 3.63) is 11.4 Å². The number of amides is 2. The molecule has 1 saturated carbocycles. The molecule has 2 heterocycles. The van der Waals surface area contributed by atoms with Crippen molar-refractivity contribution in [1.82, 2.24) is 25.2 Å². The number of nitrogens with one attached hydrogen (secondary N) is 1. The highest BCUT2D eigenvalue weighted by atomic mass is 16.5. The third-order valence-corrected chi connectivity index (χ3v) is 4.20. The zero-order valence-corrected chi connectivity index (χ0v) is 12.7. The van der Waals surface area contributed by atoms with Crippen molar-refractivity contribution in [3.63, 3.8) is 0 Å². The lowest BCUT2D eigenvalue weighted by Crippen LogP contribution is -2.53. The maximum Gasteiger partial charge on any atom is 0.318 e. The van der Waals surface area contributed by atoms with Crippen LogP contribution in [0, 0.1) is 12.8 Å². The molecule has 1 aliphatic carbocycles. The van der Waals surface area contributed by atoms with Gasteiger partial charge in [0.1, 0.15) is 5.69 Å². The molecule has 7 heteroatoms. The smallest absolute Gasteiger partial charge is 0.318 e. The van der Waals surface area contributed by atoms with E-state index < -0.39 is 0 Å². The van der Waals surface area contributed by atoms with Crippen molar-refractivity contribution in [2.24, 2.45) is 5.92 Å². The second kappa shape index (κ2) is 6.01. The molecule has 1 aliphatic heterocycles. The molecule has 7 nitrogen and oxygen atoms in total. The molecule has 2 fully saturated rings. The van der Waals surface area contributed by atoms with Crippen LogP contribution >= 0.6 is 0 Å². The number of ether oxygens (including phenoxy) is 1. The summed E-state index contributed by atoms with van der Waals surface area (Å²) in [6.45, 7) is 7.05. The molecule has 1 N–H and O–H groups in total. The van der Waals surface area contributed by atoms with E-state index in [9.17, 15) is 4.79 Å². The van der Waals surface area contributed by atoms with E-state index in [0.717, 1.165) is 17.9 Å². The molecule has 0 aromatic carbocycles. The quantitative estimate of drug-likeness (QED) is 0.896. The number of urea groups is 1. The third-order valence-electron chi connectivity index (χ3n) is 4.20. The van der Waals surface area contributed by atoms with Crippen LogP contribution in [0.4, 0.5) is 4.79 Å². The van der Waals surface area contributed by atoms with Gasteiger partial charge in [0, 0.05) is 6.54 Å². The monoisotopic (exact) mass is 293 g/mol. The fourth-order valence-corrected chi connectivity index (χ4v) is 2.78. The number of rotatable bonds is 4. The van der Waals surface area contributed by atoms with Gasteiger partial charge in [-0.1, -0.05) is 0 Å². The van der Waals surface area contributed by atoms with Crippen LogP contribution in [0.5, 0.6) is 0 Å². The summed E-state index contributed by atoms with van der Waals surface area (Å²) in [5, 5.41) is 11.6. The SMILES string of the molecule is CCn1nc(C)c(CNC(=O)N2CCOCC2C2CC2)n1. The van der Waals surface area contributed by atoms with E-state index in [1.807, 2.05) is 18.7 Å². The largest absolute Gasteiger partial charge is 0.377 e. The molecule has 2 amide bonds. The molecule has 3 rings (SSSR count). The molecule has 0 spiro atoms. The second-order valence-electron chi connectivity index (χ2n) is 5.75. The van der Waals surface area contributed by atoms with E-state index in [0.29, 0.717) is 32.2 Å². The molecule has 21 heavy (non-hydrogen) atoms. The summed E-state index contributed by atoms with van der Waals surface area (Å²) in [7, 11) is 0. The Morgan fingerprint density at radius 1 is 1.43 bits per heavy atom. The Kier molecular flexibility index (Phi) is 4.10. The van der Waals surface area contributed by atoms with Crippen molar-refractivity contribution >= 4 is 6.03 Å². The van der Waals surface area contributed by atoms with Crippen LogP contribution in [0.15, 0.2) is 0 Å².